The van der Waals surface area contributed by atoms with Gasteiger partial charge in [0.2, 0.25) is 5.91 Å². The number of aryl methyl sites for hydroxylation is 2. The summed E-state index contributed by atoms with van der Waals surface area (Å²) in [4.78, 5) is 19.0. The number of anilines is 1. The lowest BCUT2D eigenvalue weighted by Crippen LogP contribution is -2.30. The van der Waals surface area contributed by atoms with E-state index in [9.17, 15) is 4.79 Å². The lowest BCUT2D eigenvalue weighted by atomic mass is 9.98. The van der Waals surface area contributed by atoms with E-state index in [0.717, 1.165) is 38.2 Å². The monoisotopic (exact) mass is 385 g/mol. The molecule has 0 bridgehead atoms. The smallest absolute Gasteiger partial charge is 0.224 e. The second-order valence-corrected chi connectivity index (χ2v) is 7.84. The maximum absolute atomic E-state index is 12.4. The molecule has 2 heterocycles. The summed E-state index contributed by atoms with van der Waals surface area (Å²) in [5.41, 5.74) is 7.24. The molecular weight excluding hydrogens is 358 g/mol. The van der Waals surface area contributed by atoms with Gasteiger partial charge in [0.15, 0.2) is 0 Å². The molecule has 148 valence electrons. The zero-order valence-electron chi connectivity index (χ0n) is 16.9. The van der Waals surface area contributed by atoms with Crippen molar-refractivity contribution in [3.8, 4) is 0 Å². The first-order valence-electron chi connectivity index (χ1n) is 10.2. The Bertz CT molecular complexity index is 967. The number of aromatic nitrogens is 1. The third-order valence-electron chi connectivity index (χ3n) is 5.47. The molecule has 0 fully saturated rings. The molecule has 0 unspecified atom stereocenters. The van der Waals surface area contributed by atoms with Crippen molar-refractivity contribution in [2.75, 3.05) is 11.9 Å². The van der Waals surface area contributed by atoms with Crippen molar-refractivity contribution in [3.63, 3.8) is 0 Å². The number of fused-ring (bicyclic) bond motifs is 1. The SMILES string of the molecule is Cc1ccc(CCC(=O)Nc2ccc3c(c2)CN(Cc2cccnc2)CC3)cc1. The van der Waals surface area contributed by atoms with Crippen LogP contribution in [0, 0.1) is 6.92 Å². The van der Waals surface area contributed by atoms with Crippen LogP contribution in [0.5, 0.6) is 0 Å². The van der Waals surface area contributed by atoms with E-state index in [0.29, 0.717) is 6.42 Å². The third kappa shape index (κ3) is 5.30. The molecule has 0 saturated carbocycles. The van der Waals surface area contributed by atoms with Gasteiger partial charge in [-0.2, -0.15) is 0 Å². The minimum atomic E-state index is 0.0635. The highest BCUT2D eigenvalue weighted by Gasteiger charge is 2.17. The molecule has 1 aromatic heterocycles. The van der Waals surface area contributed by atoms with Gasteiger partial charge in [0.1, 0.15) is 0 Å². The predicted molar refractivity (Wildman–Crippen MR) is 117 cm³/mol. The van der Waals surface area contributed by atoms with Gasteiger partial charge in [-0.25, -0.2) is 0 Å². The van der Waals surface area contributed by atoms with Crippen LogP contribution >= 0.6 is 0 Å². The van der Waals surface area contributed by atoms with E-state index < -0.39 is 0 Å². The minimum Gasteiger partial charge on any atom is -0.326 e. The fourth-order valence-corrected chi connectivity index (χ4v) is 3.81. The minimum absolute atomic E-state index is 0.0635. The molecule has 4 rings (SSSR count). The fourth-order valence-electron chi connectivity index (χ4n) is 3.81. The Hall–Kier alpha value is -2.98. The maximum Gasteiger partial charge on any atom is 0.224 e. The van der Waals surface area contributed by atoms with E-state index in [2.05, 4.69) is 64.6 Å². The number of carbonyl (C=O) groups is 1. The first-order valence-corrected chi connectivity index (χ1v) is 10.2. The molecule has 4 nitrogen and oxygen atoms in total. The summed E-state index contributed by atoms with van der Waals surface area (Å²) in [6, 6.07) is 18.8. The number of nitrogens with zero attached hydrogens (tertiary/aromatic N) is 2. The Morgan fingerprint density at radius 2 is 1.93 bits per heavy atom. The van der Waals surface area contributed by atoms with Crippen LogP contribution in [0.4, 0.5) is 5.69 Å². The summed E-state index contributed by atoms with van der Waals surface area (Å²) >= 11 is 0. The van der Waals surface area contributed by atoms with Crippen LogP contribution < -0.4 is 5.32 Å². The van der Waals surface area contributed by atoms with E-state index >= 15 is 0 Å². The molecule has 0 aliphatic carbocycles. The second-order valence-electron chi connectivity index (χ2n) is 7.84. The van der Waals surface area contributed by atoms with E-state index in [4.69, 9.17) is 0 Å². The van der Waals surface area contributed by atoms with Crippen LogP contribution in [-0.2, 0) is 30.7 Å². The van der Waals surface area contributed by atoms with E-state index in [1.165, 1.54) is 27.8 Å². The summed E-state index contributed by atoms with van der Waals surface area (Å²) in [5, 5.41) is 3.07. The van der Waals surface area contributed by atoms with Gasteiger partial charge in [0.05, 0.1) is 0 Å². The molecule has 1 N–H and O–H groups in total. The second kappa shape index (κ2) is 9.01. The van der Waals surface area contributed by atoms with E-state index in [1.807, 2.05) is 24.5 Å². The molecule has 4 heteroatoms. The number of hydrogen-bond acceptors (Lipinski definition) is 3. The summed E-state index contributed by atoms with van der Waals surface area (Å²) in [6.07, 6.45) is 6.03. The normalized spacial score (nSPS) is 13.7. The molecule has 3 aromatic rings. The standard InChI is InChI=1S/C25H27N3O/c1-19-4-6-20(7-5-19)8-11-25(29)27-24-10-9-22-12-14-28(18-23(22)15-24)17-21-3-2-13-26-16-21/h2-7,9-10,13,15-16H,8,11-12,14,17-18H2,1H3,(H,27,29). The number of carbonyl (C=O) groups excluding carboxylic acids is 1. The van der Waals surface area contributed by atoms with Gasteiger partial charge in [-0.15, -0.1) is 0 Å². The van der Waals surface area contributed by atoms with Crippen molar-refractivity contribution in [1.82, 2.24) is 9.88 Å². The van der Waals surface area contributed by atoms with Crippen molar-refractivity contribution in [2.24, 2.45) is 0 Å². The largest absolute Gasteiger partial charge is 0.326 e. The zero-order valence-corrected chi connectivity index (χ0v) is 16.9. The third-order valence-corrected chi connectivity index (χ3v) is 5.47. The number of nitrogens with one attached hydrogen (secondary N) is 1. The van der Waals surface area contributed by atoms with Crippen LogP contribution in [-0.4, -0.2) is 22.3 Å². The van der Waals surface area contributed by atoms with Gasteiger partial charge in [-0.1, -0.05) is 42.0 Å². The van der Waals surface area contributed by atoms with Crippen molar-refractivity contribution in [2.45, 2.75) is 39.3 Å². The Morgan fingerprint density at radius 1 is 1.07 bits per heavy atom. The molecule has 29 heavy (non-hydrogen) atoms. The van der Waals surface area contributed by atoms with Gasteiger partial charge in [0.25, 0.3) is 0 Å². The van der Waals surface area contributed by atoms with E-state index in [-0.39, 0.29) is 5.91 Å². The molecule has 1 aliphatic rings. The Morgan fingerprint density at radius 3 is 2.72 bits per heavy atom. The first-order chi connectivity index (χ1) is 14.2. The van der Waals surface area contributed by atoms with Gasteiger partial charge in [-0.05, 0) is 60.2 Å². The van der Waals surface area contributed by atoms with Gasteiger partial charge >= 0.3 is 0 Å². The summed E-state index contributed by atoms with van der Waals surface area (Å²) < 4.78 is 0. The number of pyridine rings is 1. The van der Waals surface area contributed by atoms with Crippen LogP contribution in [0.2, 0.25) is 0 Å². The van der Waals surface area contributed by atoms with Crippen LogP contribution in [0.1, 0.15) is 34.2 Å². The Balaban J connectivity index is 1.34. The summed E-state index contributed by atoms with van der Waals surface area (Å²) in [7, 11) is 0. The van der Waals surface area contributed by atoms with Crippen molar-refractivity contribution in [1.29, 1.82) is 0 Å². The van der Waals surface area contributed by atoms with E-state index in [1.54, 1.807) is 0 Å². The predicted octanol–water partition coefficient (Wildman–Crippen LogP) is 4.52. The fraction of sp³-hybridized carbons (Fsp3) is 0.280. The van der Waals surface area contributed by atoms with Gasteiger partial charge in [0, 0.05) is 44.1 Å². The van der Waals surface area contributed by atoms with Crippen molar-refractivity contribution in [3.05, 3.63) is 94.8 Å². The number of amides is 1. The highest BCUT2D eigenvalue weighted by molar-refractivity contribution is 5.91. The van der Waals surface area contributed by atoms with Crippen LogP contribution in [0.3, 0.4) is 0 Å². The van der Waals surface area contributed by atoms with Crippen molar-refractivity contribution < 1.29 is 4.79 Å². The number of hydrogen-bond donors (Lipinski definition) is 1. The van der Waals surface area contributed by atoms with Crippen LogP contribution in [0.25, 0.3) is 0 Å². The van der Waals surface area contributed by atoms with Crippen LogP contribution in [0.15, 0.2) is 67.0 Å². The van der Waals surface area contributed by atoms with Gasteiger partial charge in [-0.3, -0.25) is 14.7 Å². The maximum atomic E-state index is 12.4. The first kappa shape index (κ1) is 19.3. The average molecular weight is 386 g/mol. The average Bonchev–Trinajstić information content (AvgIpc) is 2.74. The highest BCUT2D eigenvalue weighted by atomic mass is 16.1. The van der Waals surface area contributed by atoms with Gasteiger partial charge < -0.3 is 5.32 Å². The lowest BCUT2D eigenvalue weighted by molar-refractivity contribution is -0.116. The number of rotatable bonds is 6. The molecule has 0 radical (unpaired) electrons. The topological polar surface area (TPSA) is 45.2 Å². The Kier molecular flexibility index (Phi) is 6.01. The Labute approximate surface area is 172 Å². The summed E-state index contributed by atoms with van der Waals surface area (Å²) in [5.74, 6) is 0.0635. The molecule has 0 saturated heterocycles. The quantitative estimate of drug-likeness (QED) is 0.679. The molecule has 1 amide bonds. The van der Waals surface area contributed by atoms with Crippen molar-refractivity contribution >= 4 is 11.6 Å². The summed E-state index contributed by atoms with van der Waals surface area (Å²) in [6.45, 7) is 4.92. The highest BCUT2D eigenvalue weighted by Crippen LogP contribution is 2.24. The number of benzene rings is 2. The zero-order chi connectivity index (χ0) is 20.1. The lowest BCUT2D eigenvalue weighted by Gasteiger charge is -2.29. The molecule has 1 aliphatic heterocycles. The molecule has 0 atom stereocenters. The molecule has 0 spiro atoms. The molecular formula is C25H27N3O. The molecule has 2 aromatic carbocycles.